The van der Waals surface area contributed by atoms with E-state index in [1.54, 1.807) is 0 Å². The van der Waals surface area contributed by atoms with Crippen LogP contribution < -0.4 is 5.32 Å². The highest BCUT2D eigenvalue weighted by molar-refractivity contribution is 7.87. The van der Waals surface area contributed by atoms with Crippen LogP contribution in [-0.4, -0.2) is 49.5 Å². The summed E-state index contributed by atoms with van der Waals surface area (Å²) in [5.41, 5.74) is 0. The van der Waals surface area contributed by atoms with Gasteiger partial charge in [-0.2, -0.15) is 0 Å². The van der Waals surface area contributed by atoms with Crippen LogP contribution in [0.15, 0.2) is 0 Å². The lowest BCUT2D eigenvalue weighted by molar-refractivity contribution is 0.186. The molecule has 0 radical (unpaired) electrons. The molecule has 0 aromatic heterocycles. The summed E-state index contributed by atoms with van der Waals surface area (Å²) in [6, 6.07) is 0.471. The predicted molar refractivity (Wildman–Crippen MR) is 129 cm³/mol. The molecule has 5 nitrogen and oxygen atoms in total. The molecule has 0 spiro atoms. The molecule has 0 aliphatic heterocycles. The van der Waals surface area contributed by atoms with E-state index in [-0.39, 0.29) is 21.9 Å². The maximum absolute atomic E-state index is 13.0. The molecule has 1 atom stereocenters. The molecule has 1 N–H and O–H groups in total. The average Bonchev–Trinajstić information content (AvgIpc) is 2.49. The third kappa shape index (κ3) is 8.73. The molecule has 0 aromatic carbocycles. The van der Waals surface area contributed by atoms with Crippen LogP contribution in [-0.2, 0) is 18.4 Å². The molecule has 0 saturated heterocycles. The Morgan fingerprint density at radius 2 is 1.38 bits per heavy atom. The highest BCUT2D eigenvalue weighted by Crippen LogP contribution is 2.39. The molecular formula is C21H47NO4SSi2. The van der Waals surface area contributed by atoms with E-state index >= 15 is 0 Å². The quantitative estimate of drug-likeness (QED) is 0.446. The Labute approximate surface area is 183 Å². The van der Waals surface area contributed by atoms with Crippen LogP contribution >= 0.6 is 0 Å². The van der Waals surface area contributed by atoms with Crippen LogP contribution in [0.25, 0.3) is 0 Å². The first-order valence-corrected chi connectivity index (χ1v) is 18.6. The molecule has 0 aromatic rings. The predicted octanol–water partition coefficient (Wildman–Crippen LogP) is 5.65. The molecule has 29 heavy (non-hydrogen) atoms. The van der Waals surface area contributed by atoms with E-state index in [1.807, 2.05) is 13.1 Å². The molecule has 0 amide bonds. The lowest BCUT2D eigenvalue weighted by Gasteiger charge is -2.40. The van der Waals surface area contributed by atoms with E-state index < -0.39 is 26.8 Å². The van der Waals surface area contributed by atoms with Gasteiger partial charge in [-0.15, -0.1) is 0 Å². The summed E-state index contributed by atoms with van der Waals surface area (Å²) < 4.78 is 38.4. The van der Waals surface area contributed by atoms with Crippen molar-refractivity contribution < 1.29 is 16.7 Å². The zero-order valence-corrected chi connectivity index (χ0v) is 23.5. The Balaban J connectivity index is 2.94. The average molecular weight is 466 g/mol. The second kappa shape index (κ2) is 9.82. The van der Waals surface area contributed by atoms with Crippen molar-refractivity contribution in [3.05, 3.63) is 0 Å². The second-order valence-corrected chi connectivity index (χ2v) is 23.2. The number of nitrogens with one attached hydrogen (secondary N) is 1. The lowest BCUT2D eigenvalue weighted by Crippen LogP contribution is -2.51. The normalized spacial score (nSPS) is 19.4. The molecule has 1 rings (SSSR count). The number of hydrogen-bond donors (Lipinski definition) is 1. The fraction of sp³-hybridized carbons (Fsp3) is 1.00. The zero-order valence-electron chi connectivity index (χ0n) is 20.6. The van der Waals surface area contributed by atoms with Gasteiger partial charge in [0.1, 0.15) is 5.75 Å². The first-order valence-electron chi connectivity index (χ1n) is 11.2. The molecule has 8 heteroatoms. The minimum absolute atomic E-state index is 0.0279. The van der Waals surface area contributed by atoms with Gasteiger partial charge in [0, 0.05) is 12.6 Å². The minimum Gasteiger partial charge on any atom is -0.412 e. The Morgan fingerprint density at radius 3 is 1.83 bits per heavy atom. The van der Waals surface area contributed by atoms with Crippen molar-refractivity contribution in [2.75, 3.05) is 12.3 Å². The van der Waals surface area contributed by atoms with Gasteiger partial charge < -0.3 is 13.6 Å². The molecule has 1 unspecified atom stereocenters. The monoisotopic (exact) mass is 465 g/mol. The SMILES string of the molecule is CC(C)(C)[Si](C)(C)OC(CNC1CCCCC1)CS(=O)(=O)O[Si](C)(C)C(C)(C)C. The van der Waals surface area contributed by atoms with Crippen LogP contribution in [0.3, 0.4) is 0 Å². The Bertz CT molecular complexity index is 616. The van der Waals surface area contributed by atoms with Crippen LogP contribution in [0.4, 0.5) is 0 Å². The van der Waals surface area contributed by atoms with Gasteiger partial charge in [0.15, 0.2) is 8.32 Å². The van der Waals surface area contributed by atoms with Gasteiger partial charge in [-0.1, -0.05) is 60.8 Å². The van der Waals surface area contributed by atoms with Gasteiger partial charge in [0.05, 0.1) is 6.10 Å². The molecule has 1 fully saturated rings. The topological polar surface area (TPSA) is 64.6 Å². The first-order chi connectivity index (χ1) is 12.9. The van der Waals surface area contributed by atoms with Gasteiger partial charge in [-0.05, 0) is 49.1 Å². The Hall–Kier alpha value is 0.264. The fourth-order valence-electron chi connectivity index (χ4n) is 3.04. The van der Waals surface area contributed by atoms with Crippen molar-refractivity contribution >= 4 is 26.8 Å². The minimum atomic E-state index is -3.67. The summed E-state index contributed by atoms with van der Waals surface area (Å²) in [6.07, 6.45) is 5.75. The van der Waals surface area contributed by atoms with Crippen molar-refractivity contribution in [1.29, 1.82) is 0 Å². The van der Waals surface area contributed by atoms with Crippen LogP contribution in [0.1, 0.15) is 73.6 Å². The van der Waals surface area contributed by atoms with Crippen LogP contribution in [0, 0.1) is 0 Å². The van der Waals surface area contributed by atoms with Crippen molar-refractivity contribution in [2.45, 2.75) is 122 Å². The van der Waals surface area contributed by atoms with Crippen LogP contribution in [0.2, 0.25) is 36.3 Å². The van der Waals surface area contributed by atoms with Gasteiger partial charge in [0.25, 0.3) is 10.1 Å². The number of rotatable bonds is 9. The highest BCUT2D eigenvalue weighted by Gasteiger charge is 2.44. The van der Waals surface area contributed by atoms with Gasteiger partial charge >= 0.3 is 0 Å². The van der Waals surface area contributed by atoms with E-state index in [4.69, 9.17) is 8.30 Å². The third-order valence-corrected chi connectivity index (χ3v) is 18.6. The summed E-state index contributed by atoms with van der Waals surface area (Å²) in [5.74, 6) is -0.0776. The van der Waals surface area contributed by atoms with Gasteiger partial charge in [-0.25, -0.2) is 8.42 Å². The second-order valence-electron chi connectivity index (χ2n) is 11.8. The summed E-state index contributed by atoms with van der Waals surface area (Å²) >= 11 is 0. The van der Waals surface area contributed by atoms with Gasteiger partial charge in [0.2, 0.25) is 8.32 Å². The summed E-state index contributed by atoms with van der Waals surface area (Å²) in [7, 11) is -8.18. The van der Waals surface area contributed by atoms with Crippen molar-refractivity contribution in [3.63, 3.8) is 0 Å². The summed E-state index contributed by atoms with van der Waals surface area (Å²) in [4.78, 5) is 0. The van der Waals surface area contributed by atoms with Crippen molar-refractivity contribution in [1.82, 2.24) is 5.32 Å². The third-order valence-electron chi connectivity index (χ3n) is 7.04. The van der Waals surface area contributed by atoms with E-state index in [0.29, 0.717) is 12.6 Å². The maximum atomic E-state index is 13.0. The van der Waals surface area contributed by atoms with E-state index in [0.717, 1.165) is 0 Å². The van der Waals surface area contributed by atoms with E-state index in [1.165, 1.54) is 32.1 Å². The Kier molecular flexibility index (Phi) is 9.24. The van der Waals surface area contributed by atoms with Crippen molar-refractivity contribution in [3.8, 4) is 0 Å². The van der Waals surface area contributed by atoms with E-state index in [2.05, 4.69) is 60.0 Å². The molecule has 1 saturated carbocycles. The standard InChI is InChI=1S/C21H47NO4SSi2/c1-20(2,3)28(7,8)25-19(16-22-18-14-12-11-13-15-18)17-27(23,24)26-29(9,10)21(4,5)6/h18-19,22H,11-17H2,1-10H3. The fourth-order valence-corrected chi connectivity index (χ4v) is 8.96. The molecule has 1 aliphatic carbocycles. The smallest absolute Gasteiger partial charge is 0.260 e. The Morgan fingerprint density at radius 1 is 0.897 bits per heavy atom. The number of hydrogen-bond acceptors (Lipinski definition) is 5. The van der Waals surface area contributed by atoms with Gasteiger partial charge in [-0.3, -0.25) is 0 Å². The first kappa shape index (κ1) is 27.3. The zero-order chi connectivity index (χ0) is 22.7. The van der Waals surface area contributed by atoms with Crippen LogP contribution in [0.5, 0.6) is 0 Å². The maximum Gasteiger partial charge on any atom is 0.260 e. The van der Waals surface area contributed by atoms with E-state index in [9.17, 15) is 8.42 Å². The molecule has 174 valence electrons. The summed E-state index contributed by atoms with van der Waals surface area (Å²) in [6.45, 7) is 21.6. The molecule has 0 bridgehead atoms. The molecule has 0 heterocycles. The highest BCUT2D eigenvalue weighted by atomic mass is 32.2. The lowest BCUT2D eigenvalue weighted by atomic mass is 9.95. The molecular weight excluding hydrogens is 418 g/mol. The molecule has 1 aliphatic rings. The van der Waals surface area contributed by atoms with Crippen molar-refractivity contribution in [2.24, 2.45) is 0 Å². The largest absolute Gasteiger partial charge is 0.412 e. The summed E-state index contributed by atoms with van der Waals surface area (Å²) in [5, 5.41) is 3.47.